The Labute approximate surface area is 165 Å². The Hall–Kier alpha value is -3.10. The van der Waals surface area contributed by atoms with E-state index in [1.807, 2.05) is 24.3 Å². The molecular weight excluding hydrogens is 387 g/mol. The minimum atomic E-state index is -4.49. The number of aromatic nitrogens is 1. The van der Waals surface area contributed by atoms with Gasteiger partial charge in [-0.2, -0.15) is 13.2 Å². The second-order valence-corrected chi connectivity index (χ2v) is 6.72. The summed E-state index contributed by atoms with van der Waals surface area (Å²) in [5.41, 5.74) is 0.0683. The molecule has 1 saturated heterocycles. The summed E-state index contributed by atoms with van der Waals surface area (Å²) >= 11 is 0. The van der Waals surface area contributed by atoms with Crippen molar-refractivity contribution in [1.82, 2.24) is 9.88 Å². The largest absolute Gasteiger partial charge is 0.496 e. The average molecular weight is 407 g/mol. The van der Waals surface area contributed by atoms with Crippen molar-refractivity contribution in [1.29, 1.82) is 0 Å². The van der Waals surface area contributed by atoms with Gasteiger partial charge < -0.3 is 15.0 Å². The molecule has 2 aromatic rings. The Kier molecular flexibility index (Phi) is 6.05. The molecule has 0 unspecified atom stereocenters. The Bertz CT molecular complexity index is 885. The van der Waals surface area contributed by atoms with Crippen LogP contribution >= 0.6 is 0 Å². The smallest absolute Gasteiger partial charge is 0.417 e. The number of carbonyl (C=O) groups excluding carboxylic acids is 2. The molecule has 0 spiro atoms. The lowest BCUT2D eigenvalue weighted by Crippen LogP contribution is -2.30. The van der Waals surface area contributed by atoms with Crippen LogP contribution < -0.4 is 10.1 Å². The number of hydrogen-bond donors (Lipinski definition) is 1. The molecule has 154 valence electrons. The summed E-state index contributed by atoms with van der Waals surface area (Å²) < 4.78 is 43.0. The van der Waals surface area contributed by atoms with E-state index < -0.39 is 23.6 Å². The number of benzene rings is 1. The van der Waals surface area contributed by atoms with E-state index in [0.717, 1.165) is 23.4 Å². The topological polar surface area (TPSA) is 71.5 Å². The highest BCUT2D eigenvalue weighted by Crippen LogP contribution is 2.29. The molecule has 1 atom stereocenters. The molecule has 1 aliphatic heterocycles. The zero-order valence-electron chi connectivity index (χ0n) is 15.7. The van der Waals surface area contributed by atoms with E-state index in [4.69, 9.17) is 4.74 Å². The normalized spacial score (nSPS) is 16.8. The molecule has 9 heteroatoms. The highest BCUT2D eigenvalue weighted by Gasteiger charge is 2.34. The van der Waals surface area contributed by atoms with E-state index in [1.165, 1.54) is 0 Å². The standard InChI is InChI=1S/C20H20F3N3O3/c1-29-16-5-3-2-4-13(16)8-9-26-12-14(10-18(26)27)19(28)25-17-7-6-15(11-24-17)20(21,22)23/h2-7,11,14H,8-10,12H2,1H3,(H,24,25,28)/t14-/m1/s1. The number of rotatable bonds is 6. The first-order valence-corrected chi connectivity index (χ1v) is 9.01. The Morgan fingerprint density at radius 3 is 2.69 bits per heavy atom. The summed E-state index contributed by atoms with van der Waals surface area (Å²) in [5.74, 6) is -0.403. The number of likely N-dealkylation sites (tertiary alicyclic amines) is 1. The Morgan fingerprint density at radius 2 is 2.03 bits per heavy atom. The number of para-hydroxylation sites is 1. The van der Waals surface area contributed by atoms with Gasteiger partial charge in [0.1, 0.15) is 11.6 Å². The van der Waals surface area contributed by atoms with Gasteiger partial charge in [0.15, 0.2) is 0 Å². The summed E-state index contributed by atoms with van der Waals surface area (Å²) in [6.07, 6.45) is -3.19. The number of nitrogens with one attached hydrogen (secondary N) is 1. The number of anilines is 1. The molecule has 1 aliphatic rings. The van der Waals surface area contributed by atoms with Crippen LogP contribution in [0.4, 0.5) is 19.0 Å². The number of pyridine rings is 1. The molecule has 1 aromatic heterocycles. The molecule has 0 radical (unpaired) electrons. The number of methoxy groups -OCH3 is 1. The SMILES string of the molecule is COc1ccccc1CCN1C[C@H](C(=O)Nc2ccc(C(F)(F)F)cn2)CC1=O. The second-order valence-electron chi connectivity index (χ2n) is 6.72. The molecule has 1 aromatic carbocycles. The molecule has 0 bridgehead atoms. The highest BCUT2D eigenvalue weighted by atomic mass is 19.4. The Balaban J connectivity index is 1.56. The second kappa shape index (κ2) is 8.50. The van der Waals surface area contributed by atoms with Crippen LogP contribution in [0.2, 0.25) is 0 Å². The van der Waals surface area contributed by atoms with Crippen LogP contribution in [0, 0.1) is 5.92 Å². The zero-order chi connectivity index (χ0) is 21.0. The van der Waals surface area contributed by atoms with E-state index in [1.54, 1.807) is 12.0 Å². The molecule has 1 N–H and O–H groups in total. The van der Waals surface area contributed by atoms with Crippen LogP contribution in [-0.4, -0.2) is 41.9 Å². The molecule has 2 heterocycles. The number of amides is 2. The fourth-order valence-corrected chi connectivity index (χ4v) is 3.19. The van der Waals surface area contributed by atoms with Crippen molar-refractivity contribution < 1.29 is 27.5 Å². The molecule has 29 heavy (non-hydrogen) atoms. The fourth-order valence-electron chi connectivity index (χ4n) is 3.19. The average Bonchev–Trinajstić information content (AvgIpc) is 3.07. The van der Waals surface area contributed by atoms with E-state index >= 15 is 0 Å². The van der Waals surface area contributed by atoms with E-state index in [2.05, 4.69) is 10.3 Å². The van der Waals surface area contributed by atoms with Crippen molar-refractivity contribution in [3.63, 3.8) is 0 Å². The van der Waals surface area contributed by atoms with Crippen LogP contribution in [0.15, 0.2) is 42.6 Å². The first-order valence-electron chi connectivity index (χ1n) is 9.01. The van der Waals surface area contributed by atoms with Gasteiger partial charge in [0.2, 0.25) is 11.8 Å². The minimum absolute atomic E-state index is 0.0166. The summed E-state index contributed by atoms with van der Waals surface area (Å²) in [6.45, 7) is 0.696. The van der Waals surface area contributed by atoms with Crippen LogP contribution in [0.5, 0.6) is 5.75 Å². The van der Waals surface area contributed by atoms with Gasteiger partial charge in [0, 0.05) is 25.7 Å². The van der Waals surface area contributed by atoms with Gasteiger partial charge in [-0.15, -0.1) is 0 Å². The fraction of sp³-hybridized carbons (Fsp3) is 0.350. The van der Waals surface area contributed by atoms with Gasteiger partial charge in [-0.3, -0.25) is 9.59 Å². The van der Waals surface area contributed by atoms with E-state index in [-0.39, 0.29) is 24.7 Å². The lowest BCUT2D eigenvalue weighted by atomic mass is 10.1. The molecule has 0 saturated carbocycles. The van der Waals surface area contributed by atoms with E-state index in [9.17, 15) is 22.8 Å². The maximum Gasteiger partial charge on any atom is 0.417 e. The maximum atomic E-state index is 12.6. The number of carbonyl (C=O) groups is 2. The van der Waals surface area contributed by atoms with Gasteiger partial charge >= 0.3 is 6.18 Å². The highest BCUT2D eigenvalue weighted by molar-refractivity contribution is 5.96. The summed E-state index contributed by atoms with van der Waals surface area (Å²) in [6, 6.07) is 9.45. The first-order chi connectivity index (χ1) is 13.8. The number of halogens is 3. The third kappa shape index (κ3) is 5.04. The third-order valence-corrected chi connectivity index (χ3v) is 4.77. The van der Waals surface area contributed by atoms with Crippen LogP contribution in [-0.2, 0) is 22.2 Å². The van der Waals surface area contributed by atoms with Crippen molar-refractivity contribution in [3.05, 3.63) is 53.7 Å². The molecule has 1 fully saturated rings. The van der Waals surface area contributed by atoms with E-state index in [0.29, 0.717) is 19.2 Å². The predicted molar refractivity (Wildman–Crippen MR) is 99.3 cm³/mol. The Morgan fingerprint density at radius 1 is 1.28 bits per heavy atom. The van der Waals surface area contributed by atoms with Crippen molar-refractivity contribution in [2.45, 2.75) is 19.0 Å². The maximum absolute atomic E-state index is 12.6. The molecule has 3 rings (SSSR count). The van der Waals surface area contributed by atoms with Gasteiger partial charge in [-0.1, -0.05) is 18.2 Å². The van der Waals surface area contributed by atoms with Crippen LogP contribution in [0.1, 0.15) is 17.5 Å². The minimum Gasteiger partial charge on any atom is -0.496 e. The monoisotopic (exact) mass is 407 g/mol. The lowest BCUT2D eigenvalue weighted by molar-refractivity contribution is -0.137. The van der Waals surface area contributed by atoms with Gasteiger partial charge in [-0.25, -0.2) is 4.98 Å². The van der Waals surface area contributed by atoms with Crippen molar-refractivity contribution >= 4 is 17.6 Å². The molecule has 2 amide bonds. The van der Waals surface area contributed by atoms with Crippen LogP contribution in [0.3, 0.4) is 0 Å². The summed E-state index contributed by atoms with van der Waals surface area (Å²) in [7, 11) is 1.58. The molecule has 0 aliphatic carbocycles. The van der Waals surface area contributed by atoms with Crippen molar-refractivity contribution in [2.75, 3.05) is 25.5 Å². The van der Waals surface area contributed by atoms with Crippen LogP contribution in [0.25, 0.3) is 0 Å². The molecule has 6 nitrogen and oxygen atoms in total. The van der Waals surface area contributed by atoms with Crippen molar-refractivity contribution in [2.24, 2.45) is 5.92 Å². The lowest BCUT2D eigenvalue weighted by Gasteiger charge is -2.17. The third-order valence-electron chi connectivity index (χ3n) is 4.77. The number of alkyl halides is 3. The first kappa shape index (κ1) is 20.6. The van der Waals surface area contributed by atoms with Gasteiger partial charge in [0.05, 0.1) is 18.6 Å². The quantitative estimate of drug-likeness (QED) is 0.799. The number of ether oxygens (including phenoxy) is 1. The van der Waals surface area contributed by atoms with Gasteiger partial charge in [0.25, 0.3) is 0 Å². The summed E-state index contributed by atoms with van der Waals surface area (Å²) in [4.78, 5) is 29.9. The summed E-state index contributed by atoms with van der Waals surface area (Å²) in [5, 5.41) is 2.48. The van der Waals surface area contributed by atoms with Gasteiger partial charge in [-0.05, 0) is 30.2 Å². The molecular formula is C20H20F3N3O3. The van der Waals surface area contributed by atoms with Crippen molar-refractivity contribution in [3.8, 4) is 5.75 Å². The number of hydrogen-bond acceptors (Lipinski definition) is 4. The zero-order valence-corrected chi connectivity index (χ0v) is 15.7. The number of nitrogens with zero attached hydrogens (tertiary/aromatic N) is 2. The predicted octanol–water partition coefficient (Wildman–Crippen LogP) is 3.14.